The molecule has 1 N–H and O–H groups in total. The van der Waals surface area contributed by atoms with Crippen LogP contribution in [0.1, 0.15) is 56.6 Å². The topological polar surface area (TPSA) is 45.9 Å². The molecule has 3 atom stereocenters. The summed E-state index contributed by atoms with van der Waals surface area (Å²) in [5, 5.41) is 3.31. The Bertz CT molecular complexity index is 1070. The number of likely N-dealkylation sites (tertiary alicyclic amines) is 1. The van der Waals surface area contributed by atoms with Crippen LogP contribution in [0.15, 0.2) is 48.5 Å². The maximum Gasteiger partial charge on any atom is 0.231 e. The summed E-state index contributed by atoms with van der Waals surface area (Å²) in [5.74, 6) is 2.65. The van der Waals surface area contributed by atoms with E-state index in [1.54, 1.807) is 12.1 Å². The number of carbonyl (C=O) groups is 1. The second-order valence-corrected chi connectivity index (χ2v) is 10.7. The number of nitrogens with zero attached hydrogens (tertiary/aromatic N) is 2. The molecule has 1 amide bonds. The molecule has 2 fully saturated rings. The van der Waals surface area contributed by atoms with Gasteiger partial charge in [0.05, 0.1) is 18.6 Å². The molecule has 5 heteroatoms. The summed E-state index contributed by atoms with van der Waals surface area (Å²) < 4.78 is 5.88. The Morgan fingerprint density at radius 1 is 1.06 bits per heavy atom. The lowest BCUT2D eigenvalue weighted by Crippen LogP contribution is -2.58. The molecule has 5 rings (SSSR count). The van der Waals surface area contributed by atoms with E-state index in [1.807, 2.05) is 12.1 Å². The van der Waals surface area contributed by atoms with Gasteiger partial charge in [-0.15, -0.1) is 0 Å². The number of benzene rings is 2. The molecule has 0 aromatic heterocycles. The Morgan fingerprint density at radius 2 is 1.83 bits per heavy atom. The lowest BCUT2D eigenvalue weighted by molar-refractivity contribution is -0.134. The van der Waals surface area contributed by atoms with E-state index in [9.17, 15) is 4.79 Å². The third-order valence-electron chi connectivity index (χ3n) is 8.70. The minimum absolute atomic E-state index is 0.284. The first-order valence-electron chi connectivity index (χ1n) is 13.3. The summed E-state index contributed by atoms with van der Waals surface area (Å²) in [7, 11) is 0. The first-order valence-corrected chi connectivity index (χ1v) is 13.3. The zero-order chi connectivity index (χ0) is 24.3. The zero-order valence-electron chi connectivity index (χ0n) is 20.8. The number of hydrogen-bond donors (Lipinski definition) is 1. The smallest absolute Gasteiger partial charge is 0.231 e. The minimum atomic E-state index is -0.369. The van der Waals surface area contributed by atoms with Gasteiger partial charge in [0, 0.05) is 13.1 Å². The Labute approximate surface area is 209 Å². The van der Waals surface area contributed by atoms with Crippen LogP contribution in [0.2, 0.25) is 0 Å². The number of carbonyl (C=O) groups excluding carboxylic acids is 1. The molecule has 0 bridgehead atoms. The fourth-order valence-electron chi connectivity index (χ4n) is 6.99. The predicted molar refractivity (Wildman–Crippen MR) is 138 cm³/mol. The predicted octanol–water partition coefficient (Wildman–Crippen LogP) is 5.72. The number of fused-ring (bicyclic) bond motifs is 1. The van der Waals surface area contributed by atoms with Crippen LogP contribution in [0.5, 0.6) is 5.75 Å². The third kappa shape index (κ3) is 4.69. The van der Waals surface area contributed by atoms with Crippen molar-refractivity contribution in [2.24, 2.45) is 17.8 Å². The van der Waals surface area contributed by atoms with Crippen molar-refractivity contribution >= 4 is 11.6 Å². The monoisotopic (exact) mass is 471 g/mol. The van der Waals surface area contributed by atoms with Gasteiger partial charge in [0.15, 0.2) is 5.69 Å². The molecule has 184 valence electrons. The number of rotatable bonds is 7. The highest BCUT2D eigenvalue weighted by molar-refractivity contribution is 5.91. The number of piperidine rings is 1. The Hall–Kier alpha value is -2.84. The van der Waals surface area contributed by atoms with Crippen LogP contribution >= 0.6 is 0 Å². The van der Waals surface area contributed by atoms with Crippen molar-refractivity contribution in [2.75, 3.05) is 26.2 Å². The van der Waals surface area contributed by atoms with Crippen molar-refractivity contribution in [2.45, 2.75) is 57.4 Å². The highest BCUT2D eigenvalue weighted by Gasteiger charge is 2.56. The molecule has 0 radical (unpaired) electrons. The summed E-state index contributed by atoms with van der Waals surface area (Å²) in [6.45, 7) is 13.8. The molecular weight excluding hydrogens is 434 g/mol. The largest absolute Gasteiger partial charge is 0.494 e. The molecule has 1 saturated carbocycles. The molecule has 35 heavy (non-hydrogen) atoms. The van der Waals surface area contributed by atoms with Crippen LogP contribution in [0, 0.1) is 24.3 Å². The summed E-state index contributed by atoms with van der Waals surface area (Å²) in [6.07, 6.45) is 6.69. The van der Waals surface area contributed by atoms with Crippen molar-refractivity contribution in [1.29, 1.82) is 0 Å². The maximum absolute atomic E-state index is 13.8. The molecule has 3 unspecified atom stereocenters. The lowest BCUT2D eigenvalue weighted by atomic mass is 9.56. The maximum atomic E-state index is 13.8. The SMILES string of the molecule is [C-]#[N+]c1ccc(OCCCN2CCC(C3(C4CCC(C)C4)C(=O)NCc4ccccc43)CC2)cc1. The van der Waals surface area contributed by atoms with Crippen molar-refractivity contribution < 1.29 is 9.53 Å². The number of amides is 1. The van der Waals surface area contributed by atoms with Crippen LogP contribution in [-0.2, 0) is 16.8 Å². The highest BCUT2D eigenvalue weighted by atomic mass is 16.5. The van der Waals surface area contributed by atoms with E-state index in [-0.39, 0.29) is 11.3 Å². The fourth-order valence-corrected chi connectivity index (χ4v) is 6.99. The molecule has 2 heterocycles. The Kier molecular flexibility index (Phi) is 7.11. The van der Waals surface area contributed by atoms with Crippen LogP contribution in [0.4, 0.5) is 5.69 Å². The lowest BCUT2D eigenvalue weighted by Gasteiger charge is -2.50. The van der Waals surface area contributed by atoms with Gasteiger partial charge in [0.1, 0.15) is 5.75 Å². The van der Waals surface area contributed by atoms with Gasteiger partial charge in [0.25, 0.3) is 0 Å². The molecule has 2 aromatic rings. The Morgan fingerprint density at radius 3 is 2.54 bits per heavy atom. The van der Waals surface area contributed by atoms with Gasteiger partial charge < -0.3 is 15.0 Å². The van der Waals surface area contributed by atoms with E-state index >= 15 is 0 Å². The highest BCUT2D eigenvalue weighted by Crippen LogP contribution is 2.53. The van der Waals surface area contributed by atoms with Crippen molar-refractivity contribution in [3.05, 3.63) is 71.1 Å². The van der Waals surface area contributed by atoms with Crippen molar-refractivity contribution in [1.82, 2.24) is 10.2 Å². The van der Waals surface area contributed by atoms with Crippen LogP contribution in [-0.4, -0.2) is 37.0 Å². The molecule has 1 saturated heterocycles. The average Bonchev–Trinajstić information content (AvgIpc) is 3.34. The number of hydrogen-bond acceptors (Lipinski definition) is 3. The summed E-state index contributed by atoms with van der Waals surface area (Å²) in [6, 6.07) is 16.1. The molecule has 1 aliphatic carbocycles. The van der Waals surface area contributed by atoms with Crippen LogP contribution < -0.4 is 10.1 Å². The number of nitrogens with one attached hydrogen (secondary N) is 1. The second-order valence-electron chi connectivity index (χ2n) is 10.7. The third-order valence-corrected chi connectivity index (χ3v) is 8.70. The molecule has 5 nitrogen and oxygen atoms in total. The van der Waals surface area contributed by atoms with Gasteiger partial charge >= 0.3 is 0 Å². The van der Waals surface area contributed by atoms with Gasteiger partial charge in [-0.05, 0) is 86.2 Å². The van der Waals surface area contributed by atoms with Gasteiger partial charge in [0.2, 0.25) is 5.91 Å². The van der Waals surface area contributed by atoms with Gasteiger partial charge in [-0.1, -0.05) is 49.7 Å². The van der Waals surface area contributed by atoms with E-state index < -0.39 is 0 Å². The quantitative estimate of drug-likeness (QED) is 0.415. The molecule has 2 aromatic carbocycles. The molecule has 0 spiro atoms. The normalized spacial score (nSPS) is 27.1. The molecular formula is C30H37N3O2. The molecule has 3 aliphatic rings. The van der Waals surface area contributed by atoms with Crippen LogP contribution in [0.3, 0.4) is 0 Å². The first kappa shape index (κ1) is 23.9. The van der Waals surface area contributed by atoms with Crippen LogP contribution in [0.25, 0.3) is 4.85 Å². The van der Waals surface area contributed by atoms with E-state index in [2.05, 4.69) is 46.3 Å². The van der Waals surface area contributed by atoms with E-state index in [4.69, 9.17) is 11.3 Å². The fraction of sp³-hybridized carbons (Fsp3) is 0.533. The average molecular weight is 472 g/mol. The van der Waals surface area contributed by atoms with E-state index in [1.165, 1.54) is 17.5 Å². The summed E-state index contributed by atoms with van der Waals surface area (Å²) in [4.78, 5) is 19.7. The zero-order valence-corrected chi connectivity index (χ0v) is 20.8. The van der Waals surface area contributed by atoms with Crippen molar-refractivity contribution in [3.8, 4) is 5.75 Å². The summed E-state index contributed by atoms with van der Waals surface area (Å²) >= 11 is 0. The Balaban J connectivity index is 1.22. The standard InChI is InChI=1S/C30H37N3O2/c1-22-8-9-25(20-22)30(28-7-4-3-6-23(28)21-32-29(30)34)24-14-17-33(18-15-24)16-5-19-35-27-12-10-26(31-2)11-13-27/h3-4,6-7,10-13,22,24-25H,5,8-9,14-21H2,1H3,(H,32,34). The van der Waals surface area contributed by atoms with Crippen molar-refractivity contribution in [3.63, 3.8) is 0 Å². The number of ether oxygens (including phenoxy) is 1. The van der Waals surface area contributed by atoms with Gasteiger partial charge in [-0.3, -0.25) is 4.79 Å². The summed E-state index contributed by atoms with van der Waals surface area (Å²) in [5.41, 5.74) is 2.90. The second kappa shape index (κ2) is 10.4. The van der Waals surface area contributed by atoms with E-state index in [0.717, 1.165) is 57.5 Å². The van der Waals surface area contributed by atoms with E-state index in [0.29, 0.717) is 36.6 Å². The first-order chi connectivity index (χ1) is 17.1. The van der Waals surface area contributed by atoms with Gasteiger partial charge in [-0.25, -0.2) is 4.85 Å². The molecule has 2 aliphatic heterocycles. The van der Waals surface area contributed by atoms with Gasteiger partial charge in [-0.2, -0.15) is 0 Å². The minimum Gasteiger partial charge on any atom is -0.494 e.